The Balaban J connectivity index is 2.22. The highest BCUT2D eigenvalue weighted by atomic mass is 35.5. The summed E-state index contributed by atoms with van der Waals surface area (Å²) in [6.07, 6.45) is 1.21. The molecule has 2 aromatic rings. The van der Waals surface area contributed by atoms with Crippen LogP contribution in [0.25, 0.3) is 0 Å². The lowest BCUT2D eigenvalue weighted by Gasteiger charge is -2.06. The molecule has 1 aromatic carbocycles. The standard InChI is InChI=1S/C9H6Cl2N4O2/c10-5-1-4(2-6(11)7(5)16)14-9(17)8-12-3-13-15-8/h1-3,16H,(H,14,17)(H,12,13,15). The Morgan fingerprint density at radius 2 is 2.00 bits per heavy atom. The molecule has 17 heavy (non-hydrogen) atoms. The Bertz CT molecular complexity index is 533. The van der Waals surface area contributed by atoms with Gasteiger partial charge in [-0.1, -0.05) is 23.2 Å². The first-order chi connectivity index (χ1) is 8.08. The van der Waals surface area contributed by atoms with E-state index in [2.05, 4.69) is 20.5 Å². The van der Waals surface area contributed by atoms with Gasteiger partial charge >= 0.3 is 0 Å². The fourth-order valence-corrected chi connectivity index (χ4v) is 1.63. The number of benzene rings is 1. The smallest absolute Gasteiger partial charge is 0.292 e. The van der Waals surface area contributed by atoms with Crippen molar-refractivity contribution in [3.8, 4) is 5.75 Å². The van der Waals surface area contributed by atoms with Gasteiger partial charge in [0.1, 0.15) is 6.33 Å². The van der Waals surface area contributed by atoms with Crippen LogP contribution in [-0.2, 0) is 0 Å². The van der Waals surface area contributed by atoms with Gasteiger partial charge in [0.15, 0.2) is 5.75 Å². The summed E-state index contributed by atoms with van der Waals surface area (Å²) >= 11 is 11.4. The first kappa shape index (κ1) is 11.7. The normalized spacial score (nSPS) is 10.2. The van der Waals surface area contributed by atoms with Crippen molar-refractivity contribution >= 4 is 34.8 Å². The van der Waals surface area contributed by atoms with Gasteiger partial charge in [0, 0.05) is 5.69 Å². The minimum atomic E-state index is -0.486. The van der Waals surface area contributed by atoms with Gasteiger partial charge in [-0.15, -0.1) is 0 Å². The highest BCUT2D eigenvalue weighted by Gasteiger charge is 2.12. The quantitative estimate of drug-likeness (QED) is 0.730. The predicted octanol–water partition coefficient (Wildman–Crippen LogP) is 2.07. The van der Waals surface area contributed by atoms with E-state index < -0.39 is 5.91 Å². The van der Waals surface area contributed by atoms with E-state index in [-0.39, 0.29) is 21.6 Å². The van der Waals surface area contributed by atoms with Gasteiger partial charge in [0.05, 0.1) is 10.0 Å². The Hall–Kier alpha value is -1.79. The molecule has 1 amide bonds. The Morgan fingerprint density at radius 3 is 2.53 bits per heavy atom. The van der Waals surface area contributed by atoms with Crippen molar-refractivity contribution in [2.45, 2.75) is 0 Å². The lowest BCUT2D eigenvalue weighted by molar-refractivity contribution is 0.101. The number of nitrogens with one attached hydrogen (secondary N) is 2. The molecule has 0 radical (unpaired) electrons. The number of H-pyrrole nitrogens is 1. The summed E-state index contributed by atoms with van der Waals surface area (Å²) in [7, 11) is 0. The highest BCUT2D eigenvalue weighted by molar-refractivity contribution is 6.37. The number of hydrogen-bond acceptors (Lipinski definition) is 4. The maximum atomic E-state index is 11.6. The molecule has 6 nitrogen and oxygen atoms in total. The molecular weight excluding hydrogens is 267 g/mol. The van der Waals surface area contributed by atoms with Crippen molar-refractivity contribution < 1.29 is 9.90 Å². The molecule has 0 aliphatic rings. The number of rotatable bonds is 2. The van der Waals surface area contributed by atoms with E-state index in [0.717, 1.165) is 0 Å². The van der Waals surface area contributed by atoms with Crippen LogP contribution in [0, 0.1) is 0 Å². The predicted molar refractivity (Wildman–Crippen MR) is 62.5 cm³/mol. The molecule has 0 atom stereocenters. The Kier molecular flexibility index (Phi) is 3.16. The van der Waals surface area contributed by atoms with Gasteiger partial charge in [-0.3, -0.25) is 9.89 Å². The number of halogens is 2. The zero-order chi connectivity index (χ0) is 12.4. The number of aromatic amines is 1. The summed E-state index contributed by atoms with van der Waals surface area (Å²) in [6.45, 7) is 0. The van der Waals surface area contributed by atoms with E-state index in [0.29, 0.717) is 5.69 Å². The van der Waals surface area contributed by atoms with Crippen LogP contribution in [0.5, 0.6) is 5.75 Å². The third-order valence-electron chi connectivity index (χ3n) is 1.90. The lowest BCUT2D eigenvalue weighted by Crippen LogP contribution is -2.13. The molecular formula is C9H6Cl2N4O2. The second kappa shape index (κ2) is 4.60. The van der Waals surface area contributed by atoms with Crippen molar-refractivity contribution in [1.29, 1.82) is 0 Å². The number of anilines is 1. The van der Waals surface area contributed by atoms with Crippen LogP contribution >= 0.6 is 23.2 Å². The lowest BCUT2D eigenvalue weighted by atomic mass is 10.3. The van der Waals surface area contributed by atoms with Gasteiger partial charge in [0.25, 0.3) is 5.91 Å². The largest absolute Gasteiger partial charge is 0.505 e. The van der Waals surface area contributed by atoms with Crippen LogP contribution in [0.1, 0.15) is 10.6 Å². The minimum absolute atomic E-state index is 0.0466. The number of aromatic nitrogens is 3. The molecule has 8 heteroatoms. The van der Waals surface area contributed by atoms with E-state index in [1.54, 1.807) is 0 Å². The zero-order valence-corrected chi connectivity index (χ0v) is 9.75. The van der Waals surface area contributed by atoms with Crippen molar-refractivity contribution in [3.05, 3.63) is 34.3 Å². The van der Waals surface area contributed by atoms with Crippen molar-refractivity contribution in [2.75, 3.05) is 5.32 Å². The molecule has 2 rings (SSSR count). The molecule has 1 heterocycles. The fraction of sp³-hybridized carbons (Fsp3) is 0. The molecule has 88 valence electrons. The number of carbonyl (C=O) groups excluding carboxylic acids is 1. The van der Waals surface area contributed by atoms with Gasteiger partial charge in [-0.05, 0) is 12.1 Å². The first-order valence-electron chi connectivity index (χ1n) is 4.42. The summed E-state index contributed by atoms with van der Waals surface area (Å²) in [4.78, 5) is 15.3. The van der Waals surface area contributed by atoms with Gasteiger partial charge < -0.3 is 10.4 Å². The number of phenols is 1. The SMILES string of the molecule is O=C(Nc1cc(Cl)c(O)c(Cl)c1)c1ncn[nH]1. The van der Waals surface area contributed by atoms with E-state index in [1.807, 2.05) is 0 Å². The molecule has 0 saturated heterocycles. The second-order valence-electron chi connectivity index (χ2n) is 3.08. The average molecular weight is 273 g/mol. The highest BCUT2D eigenvalue weighted by Crippen LogP contribution is 2.34. The van der Waals surface area contributed by atoms with Crippen LogP contribution in [0.4, 0.5) is 5.69 Å². The van der Waals surface area contributed by atoms with Crippen LogP contribution < -0.4 is 5.32 Å². The maximum Gasteiger partial charge on any atom is 0.292 e. The van der Waals surface area contributed by atoms with E-state index >= 15 is 0 Å². The van der Waals surface area contributed by atoms with Crippen LogP contribution in [-0.4, -0.2) is 26.2 Å². The number of nitrogens with zero attached hydrogens (tertiary/aromatic N) is 2. The van der Waals surface area contributed by atoms with Crippen molar-refractivity contribution in [1.82, 2.24) is 15.2 Å². The topological polar surface area (TPSA) is 90.9 Å². The molecule has 0 spiro atoms. The van der Waals surface area contributed by atoms with Gasteiger partial charge in [0.2, 0.25) is 5.82 Å². The number of aromatic hydroxyl groups is 1. The molecule has 0 aliphatic heterocycles. The molecule has 0 aliphatic carbocycles. The average Bonchev–Trinajstić information content (AvgIpc) is 2.79. The molecule has 0 bridgehead atoms. The fourth-order valence-electron chi connectivity index (χ4n) is 1.14. The minimum Gasteiger partial charge on any atom is -0.505 e. The molecule has 3 N–H and O–H groups in total. The van der Waals surface area contributed by atoms with Crippen LogP contribution in [0.3, 0.4) is 0 Å². The number of phenolic OH excluding ortho intramolecular Hbond substituents is 1. The summed E-state index contributed by atoms with van der Waals surface area (Å²) in [5.41, 5.74) is 0.346. The van der Waals surface area contributed by atoms with E-state index in [9.17, 15) is 9.90 Å². The van der Waals surface area contributed by atoms with Crippen molar-refractivity contribution in [2.24, 2.45) is 0 Å². The van der Waals surface area contributed by atoms with Gasteiger partial charge in [-0.25, -0.2) is 4.98 Å². The zero-order valence-electron chi connectivity index (χ0n) is 8.24. The summed E-state index contributed by atoms with van der Waals surface area (Å²) in [5.74, 6) is -0.656. The third-order valence-corrected chi connectivity index (χ3v) is 2.48. The molecule has 1 aromatic heterocycles. The van der Waals surface area contributed by atoms with E-state index in [4.69, 9.17) is 23.2 Å². The summed E-state index contributed by atoms with van der Waals surface area (Å²) < 4.78 is 0. The number of amides is 1. The van der Waals surface area contributed by atoms with E-state index in [1.165, 1.54) is 18.5 Å². The third kappa shape index (κ3) is 2.48. The first-order valence-corrected chi connectivity index (χ1v) is 5.18. The number of hydrogen-bond donors (Lipinski definition) is 3. The molecule has 0 unspecified atom stereocenters. The van der Waals surface area contributed by atoms with Crippen LogP contribution in [0.2, 0.25) is 10.0 Å². The Morgan fingerprint density at radius 1 is 1.35 bits per heavy atom. The second-order valence-corrected chi connectivity index (χ2v) is 3.89. The molecule has 0 saturated carbocycles. The summed E-state index contributed by atoms with van der Waals surface area (Å²) in [5, 5.41) is 17.9. The maximum absolute atomic E-state index is 11.6. The van der Waals surface area contributed by atoms with Gasteiger partial charge in [-0.2, -0.15) is 5.10 Å². The van der Waals surface area contributed by atoms with Crippen LogP contribution in [0.15, 0.2) is 18.5 Å². The molecule has 0 fully saturated rings. The Labute approximate surface area is 106 Å². The van der Waals surface area contributed by atoms with Crippen molar-refractivity contribution in [3.63, 3.8) is 0 Å². The summed E-state index contributed by atoms with van der Waals surface area (Å²) in [6, 6.07) is 2.74. The number of carbonyl (C=O) groups is 1. The monoisotopic (exact) mass is 272 g/mol.